The van der Waals surface area contributed by atoms with Gasteiger partial charge < -0.3 is 19.0 Å². The highest BCUT2D eigenvalue weighted by molar-refractivity contribution is 5.96. The van der Waals surface area contributed by atoms with E-state index in [0.717, 1.165) is 0 Å². The molecule has 0 bridgehead atoms. The number of phenols is 1. The number of phenolic OH excluding ortho intramolecular Hbond substituents is 1. The largest absolute Gasteiger partial charge is 0.508 e. The molecular formula is C15H12O6. The van der Waals surface area contributed by atoms with Gasteiger partial charge in [0.05, 0.1) is 23.8 Å². The van der Waals surface area contributed by atoms with Gasteiger partial charge in [-0.2, -0.15) is 0 Å². The normalized spacial score (nSPS) is 16.5. The van der Waals surface area contributed by atoms with Gasteiger partial charge in [-0.05, 0) is 13.0 Å². The Morgan fingerprint density at radius 2 is 2.00 bits per heavy atom. The number of aryl methyl sites for hydroxylation is 1. The molecule has 6 nitrogen and oxygen atoms in total. The van der Waals surface area contributed by atoms with Crippen molar-refractivity contribution >= 4 is 5.97 Å². The van der Waals surface area contributed by atoms with E-state index in [1.165, 1.54) is 31.6 Å². The number of fused-ring (bicyclic) bond motifs is 1. The van der Waals surface area contributed by atoms with Gasteiger partial charge in [-0.3, -0.25) is 4.79 Å². The summed E-state index contributed by atoms with van der Waals surface area (Å²) in [5, 5.41) is 9.61. The van der Waals surface area contributed by atoms with E-state index in [1.807, 2.05) is 0 Å². The Bertz CT molecular complexity index is 789. The number of benzene rings is 1. The van der Waals surface area contributed by atoms with Gasteiger partial charge in [0.25, 0.3) is 0 Å². The summed E-state index contributed by atoms with van der Waals surface area (Å²) in [5.74, 6) is 0.00936. The van der Waals surface area contributed by atoms with Crippen LogP contribution in [-0.4, -0.2) is 18.2 Å². The van der Waals surface area contributed by atoms with E-state index in [2.05, 4.69) is 0 Å². The molecule has 0 radical (unpaired) electrons. The number of carbonyl (C=O) groups is 1. The van der Waals surface area contributed by atoms with Crippen LogP contribution in [0, 0.1) is 6.92 Å². The van der Waals surface area contributed by atoms with Crippen LogP contribution >= 0.6 is 0 Å². The lowest BCUT2D eigenvalue weighted by atomic mass is 9.99. The Hall–Kier alpha value is -2.76. The van der Waals surface area contributed by atoms with Crippen LogP contribution in [0.4, 0.5) is 0 Å². The molecule has 0 amide bonds. The number of ether oxygens (including phenoxy) is 2. The van der Waals surface area contributed by atoms with Crippen molar-refractivity contribution in [2.45, 2.75) is 13.0 Å². The molecule has 2 heterocycles. The highest BCUT2D eigenvalue weighted by atomic mass is 16.6. The number of methoxy groups -OCH3 is 1. The molecule has 0 spiro atoms. The third-order valence-electron chi connectivity index (χ3n) is 3.33. The fourth-order valence-corrected chi connectivity index (χ4v) is 2.38. The molecule has 1 aromatic heterocycles. The van der Waals surface area contributed by atoms with Gasteiger partial charge >= 0.3 is 5.97 Å². The first-order valence-corrected chi connectivity index (χ1v) is 6.22. The summed E-state index contributed by atoms with van der Waals surface area (Å²) in [4.78, 5) is 24.0. The lowest BCUT2D eigenvalue weighted by Gasteiger charge is -2.13. The van der Waals surface area contributed by atoms with Gasteiger partial charge in [0.1, 0.15) is 23.5 Å². The van der Waals surface area contributed by atoms with Crippen LogP contribution in [0.3, 0.4) is 0 Å². The molecule has 0 saturated carbocycles. The smallest absolute Gasteiger partial charge is 0.339 e. The summed E-state index contributed by atoms with van der Waals surface area (Å²) in [6.07, 6.45) is 0.372. The average Bonchev–Trinajstić information content (AvgIpc) is 2.75. The summed E-state index contributed by atoms with van der Waals surface area (Å²) < 4.78 is 15.6. The minimum absolute atomic E-state index is 0.112. The third-order valence-corrected chi connectivity index (χ3v) is 3.33. The van der Waals surface area contributed by atoms with E-state index in [9.17, 15) is 14.7 Å². The number of hydrogen-bond donors (Lipinski definition) is 1. The molecule has 3 rings (SSSR count). The fourth-order valence-electron chi connectivity index (χ4n) is 2.38. The maximum absolute atomic E-state index is 12.1. The topological polar surface area (TPSA) is 86.0 Å². The van der Waals surface area contributed by atoms with Crippen molar-refractivity contribution < 1.29 is 23.8 Å². The SMILES string of the molecule is COc1cc(O)cc2c1[C@H](c1coc(C)cc1=O)OC2=O. The quantitative estimate of drug-likeness (QED) is 0.850. The standard InChI is InChI=1S/C15H12O6/c1-7-3-11(17)10(6-20-7)14-13-9(15(18)21-14)4-8(16)5-12(13)19-2/h3-6,14,16H,1-2H3/t14-/m0/s1. The summed E-state index contributed by atoms with van der Waals surface area (Å²) in [5.41, 5.74) is 0.504. The summed E-state index contributed by atoms with van der Waals surface area (Å²) in [6.45, 7) is 1.65. The first-order valence-electron chi connectivity index (χ1n) is 6.22. The second kappa shape index (κ2) is 4.66. The van der Waals surface area contributed by atoms with Crippen LogP contribution in [0.15, 0.2) is 33.7 Å². The van der Waals surface area contributed by atoms with Crippen LogP contribution in [-0.2, 0) is 4.74 Å². The molecule has 0 fully saturated rings. The molecule has 1 aliphatic rings. The lowest BCUT2D eigenvalue weighted by molar-refractivity contribution is 0.0450. The maximum atomic E-state index is 12.1. The van der Waals surface area contributed by atoms with E-state index >= 15 is 0 Å². The molecule has 108 valence electrons. The van der Waals surface area contributed by atoms with Crippen molar-refractivity contribution in [1.82, 2.24) is 0 Å². The molecule has 1 N–H and O–H groups in total. The van der Waals surface area contributed by atoms with Crippen LogP contribution in [0.1, 0.15) is 33.3 Å². The zero-order chi connectivity index (χ0) is 15.1. The first-order chi connectivity index (χ1) is 10.0. The van der Waals surface area contributed by atoms with Crippen molar-refractivity contribution in [2.24, 2.45) is 0 Å². The highest BCUT2D eigenvalue weighted by Gasteiger charge is 2.37. The molecule has 0 saturated heterocycles. The van der Waals surface area contributed by atoms with E-state index in [0.29, 0.717) is 11.3 Å². The second-order valence-electron chi connectivity index (χ2n) is 4.70. The summed E-state index contributed by atoms with van der Waals surface area (Å²) in [6, 6.07) is 3.98. The van der Waals surface area contributed by atoms with Crippen LogP contribution in [0.5, 0.6) is 11.5 Å². The Kier molecular flexibility index (Phi) is 2.94. The number of rotatable bonds is 2. The van der Waals surface area contributed by atoms with Gasteiger partial charge in [0.2, 0.25) is 0 Å². The minimum Gasteiger partial charge on any atom is -0.508 e. The number of carbonyl (C=O) groups excluding carboxylic acids is 1. The van der Waals surface area contributed by atoms with Gasteiger partial charge in [-0.15, -0.1) is 0 Å². The summed E-state index contributed by atoms with van der Waals surface area (Å²) >= 11 is 0. The molecule has 21 heavy (non-hydrogen) atoms. The van der Waals surface area contributed by atoms with Crippen molar-refractivity contribution in [2.75, 3.05) is 7.11 Å². The van der Waals surface area contributed by atoms with Gasteiger partial charge in [-0.1, -0.05) is 0 Å². The number of aromatic hydroxyl groups is 1. The van der Waals surface area contributed by atoms with Crippen LogP contribution < -0.4 is 10.2 Å². The van der Waals surface area contributed by atoms with Crippen LogP contribution in [0.2, 0.25) is 0 Å². The van der Waals surface area contributed by atoms with Crippen molar-refractivity contribution in [1.29, 1.82) is 0 Å². The zero-order valence-corrected chi connectivity index (χ0v) is 11.4. The molecule has 1 aliphatic heterocycles. The van der Waals surface area contributed by atoms with E-state index in [4.69, 9.17) is 13.9 Å². The lowest BCUT2D eigenvalue weighted by Crippen LogP contribution is -2.14. The predicted molar refractivity (Wildman–Crippen MR) is 71.6 cm³/mol. The molecule has 0 unspecified atom stereocenters. The Labute approximate surface area is 119 Å². The van der Waals surface area contributed by atoms with Crippen molar-refractivity contribution in [3.63, 3.8) is 0 Å². The fraction of sp³-hybridized carbons (Fsp3) is 0.200. The van der Waals surface area contributed by atoms with Crippen molar-refractivity contribution in [3.05, 3.63) is 57.1 Å². The number of esters is 1. The van der Waals surface area contributed by atoms with Gasteiger partial charge in [-0.25, -0.2) is 4.79 Å². The van der Waals surface area contributed by atoms with E-state index in [-0.39, 0.29) is 28.1 Å². The van der Waals surface area contributed by atoms with E-state index in [1.54, 1.807) is 6.92 Å². The van der Waals surface area contributed by atoms with E-state index < -0.39 is 12.1 Å². The average molecular weight is 288 g/mol. The van der Waals surface area contributed by atoms with Gasteiger partial charge in [0, 0.05) is 12.1 Å². The van der Waals surface area contributed by atoms with Crippen molar-refractivity contribution in [3.8, 4) is 11.5 Å². The van der Waals surface area contributed by atoms with Crippen LogP contribution in [0.25, 0.3) is 0 Å². The molecule has 1 atom stereocenters. The summed E-state index contributed by atoms with van der Waals surface area (Å²) in [7, 11) is 1.41. The Morgan fingerprint density at radius 1 is 1.24 bits per heavy atom. The molecule has 2 aromatic rings. The Balaban J connectivity index is 2.22. The first kappa shape index (κ1) is 13.2. The second-order valence-corrected chi connectivity index (χ2v) is 4.70. The molecule has 0 aliphatic carbocycles. The molecule has 6 heteroatoms. The number of hydrogen-bond acceptors (Lipinski definition) is 6. The maximum Gasteiger partial charge on any atom is 0.339 e. The predicted octanol–water partition coefficient (Wildman–Crippen LogP) is 1.92. The minimum atomic E-state index is -0.903. The molecular weight excluding hydrogens is 276 g/mol. The Morgan fingerprint density at radius 3 is 2.67 bits per heavy atom. The number of cyclic esters (lactones) is 1. The third kappa shape index (κ3) is 2.05. The highest BCUT2D eigenvalue weighted by Crippen LogP contribution is 2.42. The monoisotopic (exact) mass is 288 g/mol. The zero-order valence-electron chi connectivity index (χ0n) is 11.4. The van der Waals surface area contributed by atoms with Gasteiger partial charge in [0.15, 0.2) is 11.5 Å². The molecule has 1 aromatic carbocycles.